The lowest BCUT2D eigenvalue weighted by molar-refractivity contribution is -0.161. The number of furan rings is 1. The Balaban J connectivity index is 2.79. The average Bonchev–Trinajstić information content (AvgIpc) is 2.91. The van der Waals surface area contributed by atoms with Gasteiger partial charge in [-0.1, -0.05) is 6.92 Å². The fourth-order valence-electron chi connectivity index (χ4n) is 1.25. The topological polar surface area (TPSA) is 109 Å². The minimum atomic E-state index is -2.00. The molecule has 0 amide bonds. The highest BCUT2D eigenvalue weighted by atomic mass is 16.6. The highest BCUT2D eigenvalue weighted by Crippen LogP contribution is 2.13. The van der Waals surface area contributed by atoms with Gasteiger partial charge in [-0.25, -0.2) is 14.4 Å². The van der Waals surface area contributed by atoms with Crippen LogP contribution in [-0.2, 0) is 19.1 Å². The molecule has 0 aromatic carbocycles. The van der Waals surface area contributed by atoms with Crippen LogP contribution in [0.2, 0.25) is 0 Å². The molecule has 0 aliphatic rings. The molecule has 0 radical (unpaired) electrons. The van der Waals surface area contributed by atoms with Crippen molar-refractivity contribution in [3.05, 3.63) is 24.2 Å². The second kappa shape index (κ2) is 6.14. The molecule has 1 unspecified atom stereocenters. The summed E-state index contributed by atoms with van der Waals surface area (Å²) in [5, 5.41) is 0. The number of hydrogen-bond donors (Lipinski definition) is 1. The van der Waals surface area contributed by atoms with Crippen LogP contribution in [0.1, 0.15) is 30.8 Å². The lowest BCUT2D eigenvalue weighted by Crippen LogP contribution is -2.56. The van der Waals surface area contributed by atoms with Crippen LogP contribution in [0.15, 0.2) is 22.8 Å². The van der Waals surface area contributed by atoms with E-state index in [2.05, 4.69) is 4.74 Å². The zero-order valence-corrected chi connectivity index (χ0v) is 10.7. The molecule has 1 heterocycles. The Kier molecular flexibility index (Phi) is 4.82. The molecular formula is C12H15NO6. The summed E-state index contributed by atoms with van der Waals surface area (Å²) >= 11 is 0. The lowest BCUT2D eigenvalue weighted by Gasteiger charge is -2.22. The second-order valence-corrected chi connectivity index (χ2v) is 3.70. The molecule has 0 saturated heterocycles. The van der Waals surface area contributed by atoms with E-state index in [1.54, 1.807) is 6.92 Å². The van der Waals surface area contributed by atoms with E-state index in [1.807, 2.05) is 0 Å². The number of carbonyl (C=O) groups excluding carboxylic acids is 3. The predicted octanol–water partition coefficient (Wildman–Crippen LogP) is 0.634. The van der Waals surface area contributed by atoms with Crippen molar-refractivity contribution in [1.29, 1.82) is 0 Å². The Morgan fingerprint density at radius 3 is 2.47 bits per heavy atom. The molecule has 1 aromatic heterocycles. The summed E-state index contributed by atoms with van der Waals surface area (Å²) in [6.45, 7) is 3.15. The summed E-state index contributed by atoms with van der Waals surface area (Å²) in [5.41, 5.74) is 3.64. The third kappa shape index (κ3) is 3.19. The molecule has 0 aliphatic heterocycles. The summed E-state index contributed by atoms with van der Waals surface area (Å²) in [5.74, 6) is -3.28. The number of carbonyl (C=O) groups is 3. The van der Waals surface area contributed by atoms with Gasteiger partial charge >= 0.3 is 17.9 Å². The third-order valence-electron chi connectivity index (χ3n) is 2.47. The molecule has 2 N–H and O–H groups in total. The summed E-state index contributed by atoms with van der Waals surface area (Å²) in [7, 11) is 0. The van der Waals surface area contributed by atoms with E-state index in [9.17, 15) is 14.4 Å². The average molecular weight is 269 g/mol. The zero-order chi connectivity index (χ0) is 14.5. The highest BCUT2D eigenvalue weighted by Gasteiger charge is 2.45. The van der Waals surface area contributed by atoms with E-state index in [1.165, 1.54) is 25.3 Å². The standard InChI is InChI=1S/C12H15NO6/c1-3-12(13,10(15)17-4-2)11(16)19-9(14)8-6-5-7-18-8/h5-7H,3-4,13H2,1-2H3. The molecule has 7 nitrogen and oxygen atoms in total. The maximum absolute atomic E-state index is 11.8. The number of rotatable bonds is 5. The van der Waals surface area contributed by atoms with Crippen molar-refractivity contribution in [2.45, 2.75) is 25.8 Å². The minimum Gasteiger partial charge on any atom is -0.464 e. The Labute approximate surface area is 109 Å². The van der Waals surface area contributed by atoms with Crippen molar-refractivity contribution in [2.75, 3.05) is 6.61 Å². The molecule has 1 atom stereocenters. The van der Waals surface area contributed by atoms with Crippen LogP contribution >= 0.6 is 0 Å². The molecule has 104 valence electrons. The fraction of sp³-hybridized carbons (Fsp3) is 0.417. The molecule has 19 heavy (non-hydrogen) atoms. The third-order valence-corrected chi connectivity index (χ3v) is 2.47. The maximum Gasteiger partial charge on any atom is 0.381 e. The molecule has 1 rings (SSSR count). The van der Waals surface area contributed by atoms with Gasteiger partial charge < -0.3 is 19.6 Å². The van der Waals surface area contributed by atoms with Crippen LogP contribution in [0.3, 0.4) is 0 Å². The van der Waals surface area contributed by atoms with Crippen LogP contribution in [0.25, 0.3) is 0 Å². The molecule has 0 spiro atoms. The van der Waals surface area contributed by atoms with Crippen molar-refractivity contribution >= 4 is 17.9 Å². The normalized spacial score (nSPS) is 13.4. The first-order valence-electron chi connectivity index (χ1n) is 5.72. The Bertz CT molecular complexity index is 467. The van der Waals surface area contributed by atoms with Crippen molar-refractivity contribution in [3.63, 3.8) is 0 Å². The van der Waals surface area contributed by atoms with E-state index in [0.717, 1.165) is 0 Å². The van der Waals surface area contributed by atoms with Gasteiger partial charge in [0.15, 0.2) is 0 Å². The van der Waals surface area contributed by atoms with Crippen LogP contribution in [0.4, 0.5) is 0 Å². The van der Waals surface area contributed by atoms with Gasteiger partial charge in [0.25, 0.3) is 0 Å². The van der Waals surface area contributed by atoms with E-state index in [0.29, 0.717) is 0 Å². The van der Waals surface area contributed by atoms with Crippen LogP contribution in [0.5, 0.6) is 0 Å². The molecular weight excluding hydrogens is 254 g/mol. The van der Waals surface area contributed by atoms with Gasteiger partial charge in [-0.3, -0.25) is 0 Å². The zero-order valence-electron chi connectivity index (χ0n) is 10.7. The molecule has 0 fully saturated rings. The van der Waals surface area contributed by atoms with Gasteiger partial charge in [0.05, 0.1) is 12.9 Å². The molecule has 1 aromatic rings. The molecule has 0 aliphatic carbocycles. The van der Waals surface area contributed by atoms with Crippen molar-refractivity contribution in [1.82, 2.24) is 0 Å². The predicted molar refractivity (Wildman–Crippen MR) is 63.0 cm³/mol. The van der Waals surface area contributed by atoms with Crippen molar-refractivity contribution in [3.8, 4) is 0 Å². The summed E-state index contributed by atoms with van der Waals surface area (Å²) < 4.78 is 14.0. The molecule has 0 saturated carbocycles. The number of esters is 3. The first-order valence-corrected chi connectivity index (χ1v) is 5.72. The molecule has 0 bridgehead atoms. The highest BCUT2D eigenvalue weighted by molar-refractivity contribution is 6.09. The largest absolute Gasteiger partial charge is 0.464 e. The van der Waals surface area contributed by atoms with Gasteiger partial charge in [0, 0.05) is 0 Å². The van der Waals surface area contributed by atoms with E-state index in [-0.39, 0.29) is 18.8 Å². The Morgan fingerprint density at radius 1 is 1.32 bits per heavy atom. The van der Waals surface area contributed by atoms with Gasteiger partial charge in [0.1, 0.15) is 0 Å². The van der Waals surface area contributed by atoms with E-state index >= 15 is 0 Å². The fourth-order valence-corrected chi connectivity index (χ4v) is 1.25. The van der Waals surface area contributed by atoms with Gasteiger partial charge in [-0.2, -0.15) is 0 Å². The minimum absolute atomic E-state index is 0.0594. The van der Waals surface area contributed by atoms with Crippen LogP contribution in [-0.4, -0.2) is 30.1 Å². The van der Waals surface area contributed by atoms with Crippen molar-refractivity contribution in [2.24, 2.45) is 5.73 Å². The van der Waals surface area contributed by atoms with Gasteiger partial charge in [-0.05, 0) is 25.5 Å². The summed E-state index contributed by atoms with van der Waals surface area (Å²) in [6.07, 6.45) is 1.19. The maximum atomic E-state index is 11.8. The lowest BCUT2D eigenvalue weighted by atomic mass is 9.98. The smallest absolute Gasteiger partial charge is 0.381 e. The number of ether oxygens (including phenoxy) is 2. The SMILES string of the molecule is CCOC(=O)C(N)(CC)C(=O)OC(=O)c1ccco1. The quantitative estimate of drug-likeness (QED) is 0.616. The summed E-state index contributed by atoms with van der Waals surface area (Å²) in [6, 6.07) is 2.78. The number of hydrogen-bond acceptors (Lipinski definition) is 7. The Hall–Kier alpha value is -2.15. The Morgan fingerprint density at radius 2 is 2.00 bits per heavy atom. The summed E-state index contributed by atoms with van der Waals surface area (Å²) in [4.78, 5) is 34.9. The van der Waals surface area contributed by atoms with Crippen LogP contribution in [0, 0.1) is 0 Å². The number of nitrogens with two attached hydrogens (primary N) is 1. The first kappa shape index (κ1) is 14.9. The van der Waals surface area contributed by atoms with Gasteiger partial charge in [-0.15, -0.1) is 0 Å². The van der Waals surface area contributed by atoms with Crippen molar-refractivity contribution < 1.29 is 28.3 Å². The second-order valence-electron chi connectivity index (χ2n) is 3.70. The monoisotopic (exact) mass is 269 g/mol. The van der Waals surface area contributed by atoms with E-state index < -0.39 is 23.4 Å². The first-order chi connectivity index (χ1) is 8.95. The van der Waals surface area contributed by atoms with E-state index in [4.69, 9.17) is 14.9 Å². The van der Waals surface area contributed by atoms with Crippen LogP contribution < -0.4 is 5.73 Å². The molecule has 7 heteroatoms. The van der Waals surface area contributed by atoms with Gasteiger partial charge in [0.2, 0.25) is 11.3 Å².